The zero-order chi connectivity index (χ0) is 22.0. The van der Waals surface area contributed by atoms with Crippen LogP contribution in [0, 0.1) is 0 Å². The molecule has 0 radical (unpaired) electrons. The number of hydrogen-bond donors (Lipinski definition) is 2. The molecule has 0 aliphatic heterocycles. The molecule has 0 saturated carbocycles. The van der Waals surface area contributed by atoms with Crippen molar-refractivity contribution in [1.82, 2.24) is 0 Å². The maximum Gasteiger partial charge on any atom is 0.261 e. The monoisotopic (exact) mass is 434 g/mol. The molecule has 0 aliphatic carbocycles. The van der Waals surface area contributed by atoms with Crippen molar-refractivity contribution >= 4 is 20.2 Å². The topological polar surface area (TPSA) is 109 Å². The average molecular weight is 435 g/mol. The Morgan fingerprint density at radius 1 is 0.556 bits per heavy atom. The molecular weight excluding hydrogens is 390 g/mol. The normalized spacial score (nSPS) is 11.9. The molecule has 0 unspecified atom stereocenters. The minimum Gasteiger partial charge on any atom is -0.324 e. The molecule has 0 rings (SSSR count). The first kappa shape index (κ1) is 31.5. The van der Waals surface area contributed by atoms with Crippen LogP contribution in [0.15, 0.2) is 0 Å². The van der Waals surface area contributed by atoms with E-state index in [2.05, 4.69) is 27.7 Å². The van der Waals surface area contributed by atoms with Crippen LogP contribution in [0.5, 0.6) is 0 Å². The molecule has 0 fully saturated rings. The molecule has 0 aromatic heterocycles. The van der Waals surface area contributed by atoms with Crippen LogP contribution < -0.4 is 0 Å². The molecule has 0 amide bonds. The van der Waals surface area contributed by atoms with E-state index in [0.29, 0.717) is 12.5 Å². The van der Waals surface area contributed by atoms with E-state index in [1.54, 1.807) is 0 Å². The summed E-state index contributed by atoms with van der Waals surface area (Å²) in [4.78, 5) is 0. The van der Waals surface area contributed by atoms with Crippen molar-refractivity contribution in [3.05, 3.63) is 0 Å². The molecule has 168 valence electrons. The van der Waals surface area contributed by atoms with E-state index in [1.165, 1.54) is 82.0 Å². The summed E-state index contributed by atoms with van der Waals surface area (Å²) in [5.74, 6) is 0. The van der Waals surface area contributed by atoms with Gasteiger partial charge in [-0.25, -0.2) is 0 Å². The Balaban J connectivity index is -0.000000471. The number of unbranched alkanes of at least 4 members (excludes halogenated alkanes) is 4. The van der Waals surface area contributed by atoms with E-state index in [4.69, 9.17) is 9.11 Å². The molecule has 0 aromatic rings. The summed E-state index contributed by atoms with van der Waals surface area (Å²) in [5, 5.41) is 0. The van der Waals surface area contributed by atoms with Gasteiger partial charge in [-0.05, 0) is 25.7 Å². The third kappa shape index (κ3) is 37.3. The Hall–Kier alpha value is -0.220. The average Bonchev–Trinajstić information content (AvgIpc) is 2.50. The summed E-state index contributed by atoms with van der Waals surface area (Å²) in [7, 11) is -7.33. The van der Waals surface area contributed by atoms with Gasteiger partial charge >= 0.3 is 0 Å². The highest BCUT2D eigenvalue weighted by molar-refractivity contribution is 7.85. The van der Waals surface area contributed by atoms with Crippen molar-refractivity contribution in [2.24, 2.45) is 0 Å². The van der Waals surface area contributed by atoms with Gasteiger partial charge in [-0.3, -0.25) is 9.11 Å². The van der Waals surface area contributed by atoms with E-state index in [-0.39, 0.29) is 0 Å². The van der Waals surface area contributed by atoms with Crippen molar-refractivity contribution < 1.29 is 30.4 Å². The van der Waals surface area contributed by atoms with Crippen LogP contribution in [0.25, 0.3) is 0 Å². The van der Waals surface area contributed by atoms with Gasteiger partial charge in [0.15, 0.2) is 0 Å². The van der Waals surface area contributed by atoms with E-state index in [1.807, 2.05) is 0 Å². The second kappa shape index (κ2) is 17.8. The molecule has 2 N–H and O–H groups in total. The lowest BCUT2D eigenvalue weighted by molar-refractivity contribution is -0.929. The molecule has 0 saturated heterocycles. The van der Waals surface area contributed by atoms with Gasteiger partial charge in [0.1, 0.15) is 0 Å². The number of quaternary nitrogens is 1. The van der Waals surface area contributed by atoms with Crippen molar-refractivity contribution in [3.63, 3.8) is 0 Å². The number of nitrogens with zero attached hydrogens (tertiary/aromatic N) is 1. The molecule has 0 atom stereocenters. The first-order valence-electron chi connectivity index (χ1n) is 9.94. The first-order chi connectivity index (χ1) is 12.2. The molecule has 0 bridgehead atoms. The highest BCUT2D eigenvalue weighted by Crippen LogP contribution is 2.16. The van der Waals surface area contributed by atoms with E-state index >= 15 is 0 Å². The van der Waals surface area contributed by atoms with Crippen molar-refractivity contribution in [2.45, 2.75) is 79.1 Å². The summed E-state index contributed by atoms with van der Waals surface area (Å²) in [6.07, 6.45) is 12.5. The third-order valence-electron chi connectivity index (χ3n) is 3.94. The van der Waals surface area contributed by atoms with Crippen molar-refractivity contribution in [2.75, 3.05) is 38.7 Å². The van der Waals surface area contributed by atoms with Gasteiger partial charge in [-0.1, -0.05) is 53.4 Å². The van der Waals surface area contributed by atoms with Crippen molar-refractivity contribution in [3.8, 4) is 0 Å². The predicted molar refractivity (Wildman–Crippen MR) is 114 cm³/mol. The quantitative estimate of drug-likeness (QED) is 0.355. The van der Waals surface area contributed by atoms with Crippen LogP contribution in [0.1, 0.15) is 79.1 Å². The fraction of sp³-hybridized carbons (Fsp3) is 1.00. The molecule has 0 aromatic carbocycles. The Morgan fingerprint density at radius 3 is 0.815 bits per heavy atom. The smallest absolute Gasteiger partial charge is 0.261 e. The molecular formula is C18H44NO6S2+. The Labute approximate surface area is 168 Å². The zero-order valence-electron chi connectivity index (χ0n) is 18.3. The fourth-order valence-corrected chi connectivity index (χ4v) is 2.64. The number of hydrogen-bond acceptors (Lipinski definition) is 4. The molecule has 0 aliphatic rings. The molecule has 9 heteroatoms. The summed E-state index contributed by atoms with van der Waals surface area (Å²) in [6.45, 7) is 15.0. The molecule has 0 heterocycles. The summed E-state index contributed by atoms with van der Waals surface area (Å²) >= 11 is 0. The Morgan fingerprint density at radius 2 is 0.704 bits per heavy atom. The van der Waals surface area contributed by atoms with Gasteiger partial charge in [-0.15, -0.1) is 0 Å². The highest BCUT2D eigenvalue weighted by Gasteiger charge is 2.24. The van der Waals surface area contributed by atoms with Gasteiger partial charge in [0.25, 0.3) is 20.2 Å². The van der Waals surface area contributed by atoms with Crippen molar-refractivity contribution in [1.29, 1.82) is 0 Å². The largest absolute Gasteiger partial charge is 0.324 e. The van der Waals surface area contributed by atoms with Gasteiger partial charge in [0, 0.05) is 0 Å². The van der Waals surface area contributed by atoms with Crippen LogP contribution in [-0.2, 0) is 20.2 Å². The van der Waals surface area contributed by atoms with Gasteiger partial charge < -0.3 is 4.48 Å². The summed E-state index contributed by atoms with van der Waals surface area (Å²) in [5.41, 5.74) is 0. The maximum absolute atomic E-state index is 9.19. The van der Waals surface area contributed by atoms with E-state index < -0.39 is 20.2 Å². The standard InChI is InChI=1S/C16H36N.2CH4O3S/c1-5-9-13-17(14-10-6-2,15-11-7-3)16-12-8-4;2*1-5(2,3)4/h5-16H2,1-4H3;2*1H3,(H,2,3,4)/q+1;;. The highest BCUT2D eigenvalue weighted by atomic mass is 32.2. The molecule has 0 spiro atoms. The van der Waals surface area contributed by atoms with Crippen LogP contribution in [0.4, 0.5) is 0 Å². The summed E-state index contributed by atoms with van der Waals surface area (Å²) < 4.78 is 53.2. The zero-order valence-corrected chi connectivity index (χ0v) is 19.9. The lowest BCUT2D eigenvalue weighted by Gasteiger charge is -2.39. The molecule has 7 nitrogen and oxygen atoms in total. The van der Waals surface area contributed by atoms with Gasteiger partial charge in [0.05, 0.1) is 38.7 Å². The van der Waals surface area contributed by atoms with E-state index in [9.17, 15) is 16.8 Å². The van der Waals surface area contributed by atoms with Crippen LogP contribution >= 0.6 is 0 Å². The number of rotatable bonds is 12. The lowest BCUT2D eigenvalue weighted by atomic mass is 10.1. The second-order valence-corrected chi connectivity index (χ2v) is 10.0. The third-order valence-corrected chi connectivity index (χ3v) is 3.94. The first-order valence-corrected chi connectivity index (χ1v) is 13.6. The maximum atomic E-state index is 9.19. The molecule has 27 heavy (non-hydrogen) atoms. The Bertz CT molecular complexity index is 434. The summed E-state index contributed by atoms with van der Waals surface area (Å²) in [6, 6.07) is 0. The minimum absolute atomic E-state index is 0.715. The van der Waals surface area contributed by atoms with E-state index in [0.717, 1.165) is 0 Å². The second-order valence-electron chi connectivity index (χ2n) is 7.12. The lowest BCUT2D eigenvalue weighted by Crippen LogP contribution is -2.50. The van der Waals surface area contributed by atoms with Crippen LogP contribution in [0.2, 0.25) is 0 Å². The van der Waals surface area contributed by atoms with Crippen LogP contribution in [0.3, 0.4) is 0 Å². The predicted octanol–water partition coefficient (Wildman–Crippen LogP) is 4.01. The fourth-order valence-electron chi connectivity index (χ4n) is 2.64. The van der Waals surface area contributed by atoms with Crippen LogP contribution in [-0.4, -0.2) is 69.1 Å². The van der Waals surface area contributed by atoms with Gasteiger partial charge in [0.2, 0.25) is 0 Å². The minimum atomic E-state index is -3.67. The SMILES string of the molecule is CCCC[N+](CCCC)(CCCC)CCCC.CS(=O)(=O)O.CS(=O)(=O)O. The Kier molecular flexibility index (Phi) is 20.8. The van der Waals surface area contributed by atoms with Gasteiger partial charge in [-0.2, -0.15) is 16.8 Å².